The first-order valence-corrected chi connectivity index (χ1v) is 16.8. The number of amides is 2. The van der Waals surface area contributed by atoms with Crippen molar-refractivity contribution in [1.29, 1.82) is 0 Å². The topological polar surface area (TPSA) is 86.8 Å². The Balaban J connectivity index is 1.82. The Labute approximate surface area is 268 Å². The molecule has 0 aliphatic heterocycles. The molecule has 0 saturated heterocycles. The van der Waals surface area contributed by atoms with Gasteiger partial charge in [0.25, 0.3) is 10.0 Å². The third-order valence-electron chi connectivity index (χ3n) is 7.82. The minimum atomic E-state index is -4.15. The fraction of sp³-hybridized carbons (Fsp3) is 0.297. The van der Waals surface area contributed by atoms with Crippen molar-refractivity contribution in [2.45, 2.75) is 64.9 Å². The molecule has 0 aliphatic rings. The van der Waals surface area contributed by atoms with Gasteiger partial charge in [0.05, 0.1) is 10.6 Å². The van der Waals surface area contributed by atoms with E-state index in [0.29, 0.717) is 12.2 Å². The average Bonchev–Trinajstić information content (AvgIpc) is 3.03. The van der Waals surface area contributed by atoms with Crippen LogP contribution in [0, 0.1) is 27.7 Å². The Morgan fingerprint density at radius 1 is 0.756 bits per heavy atom. The van der Waals surface area contributed by atoms with Crippen LogP contribution in [0.25, 0.3) is 0 Å². The van der Waals surface area contributed by atoms with Crippen molar-refractivity contribution in [3.8, 4) is 0 Å². The van der Waals surface area contributed by atoms with Gasteiger partial charge in [-0.15, -0.1) is 0 Å². The van der Waals surface area contributed by atoms with Crippen molar-refractivity contribution in [3.05, 3.63) is 130 Å². The van der Waals surface area contributed by atoms with Gasteiger partial charge in [-0.2, -0.15) is 0 Å². The Morgan fingerprint density at radius 2 is 1.36 bits per heavy atom. The Morgan fingerprint density at radius 3 is 1.98 bits per heavy atom. The van der Waals surface area contributed by atoms with Gasteiger partial charge in [0.1, 0.15) is 12.6 Å². The molecule has 0 aliphatic carbocycles. The second kappa shape index (κ2) is 15.0. The van der Waals surface area contributed by atoms with E-state index in [0.717, 1.165) is 39.8 Å². The summed E-state index contributed by atoms with van der Waals surface area (Å²) in [6.45, 7) is 9.70. The van der Waals surface area contributed by atoms with Crippen LogP contribution >= 0.6 is 0 Å². The van der Waals surface area contributed by atoms with E-state index in [2.05, 4.69) is 5.32 Å². The van der Waals surface area contributed by atoms with Gasteiger partial charge < -0.3 is 10.2 Å². The molecule has 1 unspecified atom stereocenters. The molecule has 4 aromatic carbocycles. The Bertz CT molecular complexity index is 1700. The second-order valence-electron chi connectivity index (χ2n) is 11.6. The lowest BCUT2D eigenvalue weighted by molar-refractivity contribution is -0.140. The summed E-state index contributed by atoms with van der Waals surface area (Å²) in [5.74, 6) is -0.749. The number of nitrogens with one attached hydrogen (secondary N) is 1. The molecule has 1 atom stereocenters. The number of hydrogen-bond donors (Lipinski definition) is 1. The van der Waals surface area contributed by atoms with Gasteiger partial charge in [-0.05, 0) is 74.6 Å². The molecule has 0 bridgehead atoms. The molecule has 0 fully saturated rings. The maximum absolute atomic E-state index is 14.6. The molecule has 2 amide bonds. The smallest absolute Gasteiger partial charge is 0.264 e. The van der Waals surface area contributed by atoms with E-state index in [-0.39, 0.29) is 23.8 Å². The van der Waals surface area contributed by atoms with Gasteiger partial charge in [-0.3, -0.25) is 13.9 Å². The van der Waals surface area contributed by atoms with Crippen LogP contribution in [0.5, 0.6) is 0 Å². The third-order valence-corrected chi connectivity index (χ3v) is 9.59. The minimum Gasteiger partial charge on any atom is -0.354 e. The number of anilines is 1. The zero-order valence-corrected chi connectivity index (χ0v) is 27.6. The fourth-order valence-corrected chi connectivity index (χ4v) is 6.62. The highest BCUT2D eigenvalue weighted by molar-refractivity contribution is 7.92. The highest BCUT2D eigenvalue weighted by Gasteiger charge is 2.35. The van der Waals surface area contributed by atoms with Crippen molar-refractivity contribution in [2.24, 2.45) is 0 Å². The zero-order valence-electron chi connectivity index (χ0n) is 26.8. The molecule has 0 heterocycles. The number of nitrogens with zero attached hydrogens (tertiary/aromatic N) is 2. The van der Waals surface area contributed by atoms with E-state index in [9.17, 15) is 18.0 Å². The van der Waals surface area contributed by atoms with E-state index in [1.165, 1.54) is 9.21 Å². The van der Waals surface area contributed by atoms with Gasteiger partial charge in [0.2, 0.25) is 11.8 Å². The standard InChI is InChI=1S/C37H43N3O4S/c1-6-22-38-37(42)35(24-31-10-8-7-9-11-31)39(25-32-18-13-27(2)14-19-32)36(41)26-40(34-23-29(4)12-17-30(34)5)45(43,44)33-20-15-28(3)16-21-33/h7-21,23,35H,6,22,24-26H2,1-5H3,(H,38,42). The molecule has 8 heteroatoms. The van der Waals surface area contributed by atoms with Crippen molar-refractivity contribution < 1.29 is 18.0 Å². The number of benzene rings is 4. The van der Waals surface area contributed by atoms with Gasteiger partial charge in [0.15, 0.2) is 0 Å². The summed E-state index contributed by atoms with van der Waals surface area (Å²) in [6, 6.07) is 28.7. The number of aryl methyl sites for hydroxylation is 4. The van der Waals surface area contributed by atoms with E-state index in [1.54, 1.807) is 30.3 Å². The van der Waals surface area contributed by atoms with Crippen LogP contribution in [0.1, 0.15) is 46.7 Å². The first-order chi connectivity index (χ1) is 21.5. The summed E-state index contributed by atoms with van der Waals surface area (Å²) in [6.07, 6.45) is 1.02. The molecule has 4 rings (SSSR count). The number of carbonyl (C=O) groups is 2. The van der Waals surface area contributed by atoms with Crippen LogP contribution in [0.15, 0.2) is 102 Å². The molecular formula is C37H43N3O4S. The largest absolute Gasteiger partial charge is 0.354 e. The van der Waals surface area contributed by atoms with Gasteiger partial charge in [-0.1, -0.05) is 96.9 Å². The van der Waals surface area contributed by atoms with Gasteiger partial charge >= 0.3 is 0 Å². The molecule has 1 N–H and O–H groups in total. The molecule has 236 valence electrons. The average molecular weight is 626 g/mol. The highest BCUT2D eigenvalue weighted by Crippen LogP contribution is 2.29. The third kappa shape index (κ3) is 8.60. The predicted octanol–water partition coefficient (Wildman–Crippen LogP) is 6.28. The first kappa shape index (κ1) is 33.5. The Hall–Kier alpha value is -4.43. The lowest BCUT2D eigenvalue weighted by atomic mass is 10.0. The number of hydrogen-bond acceptors (Lipinski definition) is 4. The van der Waals surface area contributed by atoms with E-state index >= 15 is 0 Å². The maximum Gasteiger partial charge on any atom is 0.264 e. The number of rotatable bonds is 13. The summed E-state index contributed by atoms with van der Waals surface area (Å²) in [7, 11) is -4.15. The van der Waals surface area contributed by atoms with Crippen LogP contribution in [-0.2, 0) is 32.6 Å². The molecule has 0 spiro atoms. The highest BCUT2D eigenvalue weighted by atomic mass is 32.2. The van der Waals surface area contributed by atoms with Crippen LogP contribution < -0.4 is 9.62 Å². The summed E-state index contributed by atoms with van der Waals surface area (Å²) in [5, 5.41) is 2.98. The zero-order chi connectivity index (χ0) is 32.6. The summed E-state index contributed by atoms with van der Waals surface area (Å²) >= 11 is 0. The van der Waals surface area contributed by atoms with E-state index in [4.69, 9.17) is 0 Å². The van der Waals surface area contributed by atoms with Crippen molar-refractivity contribution in [3.63, 3.8) is 0 Å². The molecule has 45 heavy (non-hydrogen) atoms. The fourth-order valence-electron chi connectivity index (χ4n) is 5.15. The normalized spacial score (nSPS) is 11.9. The van der Waals surface area contributed by atoms with Crippen molar-refractivity contribution >= 4 is 27.5 Å². The van der Waals surface area contributed by atoms with Gasteiger partial charge in [-0.25, -0.2) is 8.42 Å². The van der Waals surface area contributed by atoms with Crippen molar-refractivity contribution in [1.82, 2.24) is 10.2 Å². The Kier molecular flexibility index (Phi) is 11.2. The predicted molar refractivity (Wildman–Crippen MR) is 181 cm³/mol. The number of sulfonamides is 1. The molecular weight excluding hydrogens is 582 g/mol. The molecule has 0 saturated carbocycles. The minimum absolute atomic E-state index is 0.0911. The van der Waals surface area contributed by atoms with Crippen LogP contribution in [-0.4, -0.2) is 44.3 Å². The second-order valence-corrected chi connectivity index (χ2v) is 13.5. The van der Waals surface area contributed by atoms with Crippen molar-refractivity contribution in [2.75, 3.05) is 17.4 Å². The maximum atomic E-state index is 14.6. The first-order valence-electron chi connectivity index (χ1n) is 15.3. The molecule has 0 radical (unpaired) electrons. The van der Waals surface area contributed by atoms with Crippen LogP contribution in [0.4, 0.5) is 5.69 Å². The summed E-state index contributed by atoms with van der Waals surface area (Å²) in [5.41, 5.74) is 5.75. The van der Waals surface area contributed by atoms with Gasteiger partial charge in [0, 0.05) is 19.5 Å². The summed E-state index contributed by atoms with van der Waals surface area (Å²) < 4.78 is 29.7. The monoisotopic (exact) mass is 625 g/mol. The lowest BCUT2D eigenvalue weighted by Crippen LogP contribution is -2.53. The quantitative estimate of drug-likeness (QED) is 0.190. The molecule has 0 aromatic heterocycles. The summed E-state index contributed by atoms with van der Waals surface area (Å²) in [4.78, 5) is 30.0. The SMILES string of the molecule is CCCNC(=O)C(Cc1ccccc1)N(Cc1ccc(C)cc1)C(=O)CN(c1cc(C)ccc1C)S(=O)(=O)c1ccc(C)cc1. The van der Waals surface area contributed by atoms with E-state index < -0.39 is 28.5 Å². The van der Waals surface area contributed by atoms with Crippen LogP contribution in [0.2, 0.25) is 0 Å². The lowest BCUT2D eigenvalue weighted by Gasteiger charge is -2.34. The molecule has 7 nitrogen and oxygen atoms in total. The van der Waals surface area contributed by atoms with Crippen LogP contribution in [0.3, 0.4) is 0 Å². The van der Waals surface area contributed by atoms with E-state index in [1.807, 2.05) is 101 Å². The molecule has 4 aromatic rings. The number of carbonyl (C=O) groups excluding carboxylic acids is 2.